The van der Waals surface area contributed by atoms with Crippen molar-refractivity contribution in [2.75, 3.05) is 5.73 Å². The van der Waals surface area contributed by atoms with Crippen LogP contribution in [0.5, 0.6) is 0 Å². The summed E-state index contributed by atoms with van der Waals surface area (Å²) >= 11 is 0. The lowest BCUT2D eigenvalue weighted by molar-refractivity contribution is 0.106. The maximum Gasteiger partial charge on any atom is 0.249 e. The van der Waals surface area contributed by atoms with Gasteiger partial charge in [-0.25, -0.2) is 0 Å². The Morgan fingerprint density at radius 3 is 2.31 bits per heavy atom. The highest BCUT2D eigenvalue weighted by Crippen LogP contribution is 2.07. The number of anilines is 1. The van der Waals surface area contributed by atoms with Crippen molar-refractivity contribution in [3.63, 3.8) is 0 Å². The molecule has 2 aromatic carbocycles. The van der Waals surface area contributed by atoms with Crippen molar-refractivity contribution in [3.8, 4) is 0 Å². The van der Waals surface area contributed by atoms with Gasteiger partial charge in [0.05, 0.1) is 24.5 Å². The average molecular weight is 217 g/mol. The third kappa shape index (κ3) is 1.87. The molecule has 4 heteroatoms. The zero-order valence-corrected chi connectivity index (χ0v) is 8.60. The standard InChI is InChI=1S/C12H11NO3/c13-10-9(11(14)12(10)15)7-16-6-8-4-2-1-3-5-8/h1-5H,6-7,13H2. The molecule has 0 bridgehead atoms. The molecule has 0 aromatic heterocycles. The Bertz CT molecular complexity index is 553. The van der Waals surface area contributed by atoms with Crippen molar-refractivity contribution in [2.45, 2.75) is 13.2 Å². The van der Waals surface area contributed by atoms with Crippen LogP contribution in [0.1, 0.15) is 11.1 Å². The minimum Gasteiger partial charge on any atom is -0.395 e. The Kier molecular flexibility index (Phi) is 2.83. The van der Waals surface area contributed by atoms with Crippen LogP contribution in [-0.2, 0) is 18.0 Å². The van der Waals surface area contributed by atoms with Gasteiger partial charge < -0.3 is 10.5 Å². The van der Waals surface area contributed by atoms with Gasteiger partial charge in [-0.05, 0) is 5.56 Å². The van der Waals surface area contributed by atoms with E-state index < -0.39 is 10.9 Å². The van der Waals surface area contributed by atoms with Crippen molar-refractivity contribution in [2.24, 2.45) is 0 Å². The lowest BCUT2D eigenvalue weighted by Gasteiger charge is -2.07. The Balaban J connectivity index is 1.91. The number of nitrogens with two attached hydrogens (primary N) is 1. The summed E-state index contributed by atoms with van der Waals surface area (Å²) in [6.07, 6.45) is 0. The van der Waals surface area contributed by atoms with Crippen molar-refractivity contribution in [1.29, 1.82) is 0 Å². The van der Waals surface area contributed by atoms with E-state index in [9.17, 15) is 9.59 Å². The molecule has 2 aromatic rings. The van der Waals surface area contributed by atoms with Crippen LogP contribution in [0, 0.1) is 0 Å². The molecule has 2 rings (SSSR count). The van der Waals surface area contributed by atoms with Crippen LogP contribution in [-0.4, -0.2) is 0 Å². The van der Waals surface area contributed by atoms with Crippen molar-refractivity contribution in [3.05, 3.63) is 61.9 Å². The molecule has 0 aliphatic carbocycles. The minimum atomic E-state index is -0.599. The highest BCUT2D eigenvalue weighted by molar-refractivity contribution is 5.51. The van der Waals surface area contributed by atoms with E-state index in [0.29, 0.717) is 12.2 Å². The lowest BCUT2D eigenvalue weighted by atomic mass is 10.1. The Morgan fingerprint density at radius 2 is 1.69 bits per heavy atom. The molecule has 0 atom stereocenters. The first-order valence-electron chi connectivity index (χ1n) is 4.89. The van der Waals surface area contributed by atoms with E-state index in [4.69, 9.17) is 10.5 Å². The van der Waals surface area contributed by atoms with E-state index in [2.05, 4.69) is 0 Å². The zero-order valence-electron chi connectivity index (χ0n) is 8.60. The second kappa shape index (κ2) is 4.28. The van der Waals surface area contributed by atoms with Gasteiger partial charge >= 0.3 is 0 Å². The van der Waals surface area contributed by atoms with Gasteiger partial charge in [0.2, 0.25) is 10.9 Å². The molecule has 0 heterocycles. The first kappa shape index (κ1) is 10.6. The molecule has 0 aliphatic heterocycles. The fraction of sp³-hybridized carbons (Fsp3) is 0.167. The van der Waals surface area contributed by atoms with Gasteiger partial charge in [-0.1, -0.05) is 30.3 Å². The third-order valence-corrected chi connectivity index (χ3v) is 2.41. The van der Waals surface area contributed by atoms with E-state index in [1.54, 1.807) is 0 Å². The maximum atomic E-state index is 11.0. The summed E-state index contributed by atoms with van der Waals surface area (Å²) in [6.45, 7) is 0.504. The largest absolute Gasteiger partial charge is 0.395 e. The topological polar surface area (TPSA) is 69.4 Å². The minimum absolute atomic E-state index is 0.0399. The number of nitrogen functional groups attached to an aromatic ring is 1. The summed E-state index contributed by atoms with van der Waals surface area (Å²) in [5.74, 6) is 0. The molecule has 16 heavy (non-hydrogen) atoms. The van der Waals surface area contributed by atoms with Crippen LogP contribution in [0.4, 0.5) is 5.69 Å². The Hall–Kier alpha value is -1.94. The van der Waals surface area contributed by atoms with Gasteiger partial charge in [0, 0.05) is 0 Å². The molecule has 0 unspecified atom stereocenters. The van der Waals surface area contributed by atoms with Gasteiger partial charge in [0.25, 0.3) is 0 Å². The van der Waals surface area contributed by atoms with Gasteiger partial charge in [0.15, 0.2) is 0 Å². The highest BCUT2D eigenvalue weighted by atomic mass is 16.5. The zero-order chi connectivity index (χ0) is 11.5. The molecule has 0 aliphatic rings. The molecule has 0 saturated carbocycles. The van der Waals surface area contributed by atoms with Gasteiger partial charge in [-0.2, -0.15) is 0 Å². The molecule has 0 amide bonds. The Labute approximate surface area is 92.0 Å². The van der Waals surface area contributed by atoms with Crippen LogP contribution in [0.2, 0.25) is 0 Å². The van der Waals surface area contributed by atoms with Gasteiger partial charge in [0.1, 0.15) is 0 Å². The molecular weight excluding hydrogens is 206 g/mol. The first-order valence-corrected chi connectivity index (χ1v) is 4.89. The van der Waals surface area contributed by atoms with E-state index in [-0.39, 0.29) is 12.3 Å². The normalized spacial score (nSPS) is 10.8. The van der Waals surface area contributed by atoms with Crippen LogP contribution in [0.25, 0.3) is 0 Å². The van der Waals surface area contributed by atoms with Crippen molar-refractivity contribution >= 4 is 5.69 Å². The molecule has 0 radical (unpaired) electrons. The predicted molar refractivity (Wildman–Crippen MR) is 60.7 cm³/mol. The molecule has 82 valence electrons. The average Bonchev–Trinajstić information content (AvgIpc) is 2.34. The van der Waals surface area contributed by atoms with E-state index in [1.165, 1.54) is 0 Å². The third-order valence-electron chi connectivity index (χ3n) is 2.41. The summed E-state index contributed by atoms with van der Waals surface area (Å²) in [7, 11) is 0. The molecule has 2 N–H and O–H groups in total. The maximum absolute atomic E-state index is 11.0. The Morgan fingerprint density at radius 1 is 1.00 bits per heavy atom. The molecule has 0 saturated heterocycles. The molecular formula is C12H11NO3. The van der Waals surface area contributed by atoms with E-state index >= 15 is 0 Å². The monoisotopic (exact) mass is 217 g/mol. The quantitative estimate of drug-likeness (QED) is 0.760. The second-order valence-electron chi connectivity index (χ2n) is 3.53. The summed E-state index contributed by atoms with van der Waals surface area (Å²) in [5.41, 5.74) is 5.59. The van der Waals surface area contributed by atoms with Crippen LogP contribution < -0.4 is 16.6 Å². The van der Waals surface area contributed by atoms with E-state index in [1.807, 2.05) is 30.3 Å². The second-order valence-corrected chi connectivity index (χ2v) is 3.53. The fourth-order valence-electron chi connectivity index (χ4n) is 1.44. The number of ether oxygens (including phenoxy) is 1. The number of hydrogen-bond donors (Lipinski definition) is 1. The number of benzene rings is 1. The van der Waals surface area contributed by atoms with Gasteiger partial charge in [-0.15, -0.1) is 0 Å². The van der Waals surface area contributed by atoms with Crippen LogP contribution >= 0.6 is 0 Å². The summed E-state index contributed by atoms with van der Waals surface area (Å²) < 4.78 is 5.30. The summed E-state index contributed by atoms with van der Waals surface area (Å²) in [6, 6.07) is 9.57. The van der Waals surface area contributed by atoms with E-state index in [0.717, 1.165) is 5.56 Å². The first-order chi connectivity index (χ1) is 7.70. The molecule has 0 spiro atoms. The van der Waals surface area contributed by atoms with Crippen molar-refractivity contribution in [1.82, 2.24) is 0 Å². The number of hydrogen-bond acceptors (Lipinski definition) is 4. The van der Waals surface area contributed by atoms with Gasteiger partial charge in [-0.3, -0.25) is 9.59 Å². The fourth-order valence-corrected chi connectivity index (χ4v) is 1.44. The predicted octanol–water partition coefficient (Wildman–Crippen LogP) is 0.582. The number of rotatable bonds is 4. The molecule has 0 fully saturated rings. The molecule has 4 nitrogen and oxygen atoms in total. The van der Waals surface area contributed by atoms with Crippen molar-refractivity contribution < 1.29 is 4.74 Å². The van der Waals surface area contributed by atoms with Crippen LogP contribution in [0.15, 0.2) is 39.9 Å². The summed E-state index contributed by atoms with van der Waals surface area (Å²) in [5, 5.41) is 0. The highest BCUT2D eigenvalue weighted by Gasteiger charge is 2.17. The summed E-state index contributed by atoms with van der Waals surface area (Å²) in [4.78, 5) is 21.9. The van der Waals surface area contributed by atoms with Crippen LogP contribution in [0.3, 0.4) is 0 Å². The SMILES string of the molecule is Nc1c(COCc2ccccc2)c(=O)c1=O. The smallest absolute Gasteiger partial charge is 0.249 e. The lowest BCUT2D eigenvalue weighted by Crippen LogP contribution is -2.38.